The van der Waals surface area contributed by atoms with E-state index in [2.05, 4.69) is 5.32 Å². The van der Waals surface area contributed by atoms with E-state index in [-0.39, 0.29) is 5.75 Å². The molecule has 0 aromatic heterocycles. The smallest absolute Gasteiger partial charge is 0.262 e. The summed E-state index contributed by atoms with van der Waals surface area (Å²) in [6, 6.07) is 6.07. The number of hydrogen-bond acceptors (Lipinski definition) is 3. The van der Waals surface area contributed by atoms with E-state index in [1.807, 2.05) is 0 Å². The molecule has 0 unspecified atom stereocenters. The molecule has 4 nitrogen and oxygen atoms in total. The number of nitrogens with one attached hydrogen (secondary N) is 1. The highest BCUT2D eigenvalue weighted by atomic mass is 35.5. The van der Waals surface area contributed by atoms with E-state index in [0.717, 1.165) is 17.7 Å². The minimum atomic E-state index is -0.877. The molecule has 0 aliphatic carbocycles. The number of benzene rings is 2. The van der Waals surface area contributed by atoms with Gasteiger partial charge in [-0.2, -0.15) is 0 Å². The molecule has 2 aromatic rings. The summed E-state index contributed by atoms with van der Waals surface area (Å²) in [7, 11) is 1.45. The van der Waals surface area contributed by atoms with Crippen LogP contribution in [0.4, 0.5) is 14.5 Å². The minimum absolute atomic E-state index is 0.208. The molecule has 23 heavy (non-hydrogen) atoms. The SMILES string of the molecule is COc1cc(Cl)c(C)cc1NC(=O)COc1ccc(F)cc1F. The monoisotopic (exact) mass is 341 g/mol. The van der Waals surface area contributed by atoms with Crippen molar-refractivity contribution in [2.24, 2.45) is 0 Å². The molecular weight excluding hydrogens is 328 g/mol. The maximum Gasteiger partial charge on any atom is 0.262 e. The highest BCUT2D eigenvalue weighted by Gasteiger charge is 2.12. The van der Waals surface area contributed by atoms with Crippen LogP contribution in [0.25, 0.3) is 0 Å². The zero-order valence-electron chi connectivity index (χ0n) is 12.5. The number of hydrogen-bond donors (Lipinski definition) is 1. The van der Waals surface area contributed by atoms with Crippen molar-refractivity contribution in [3.8, 4) is 11.5 Å². The van der Waals surface area contributed by atoms with Crippen molar-refractivity contribution in [2.45, 2.75) is 6.92 Å². The molecule has 0 heterocycles. The van der Waals surface area contributed by atoms with Gasteiger partial charge in [0.05, 0.1) is 12.8 Å². The summed E-state index contributed by atoms with van der Waals surface area (Å²) in [5.74, 6) is -1.94. The Morgan fingerprint density at radius 2 is 1.96 bits per heavy atom. The van der Waals surface area contributed by atoms with Gasteiger partial charge in [-0.25, -0.2) is 8.78 Å². The van der Waals surface area contributed by atoms with Gasteiger partial charge in [-0.1, -0.05) is 11.6 Å². The molecule has 0 saturated carbocycles. The van der Waals surface area contributed by atoms with Gasteiger partial charge in [0, 0.05) is 17.2 Å². The third-order valence-corrected chi connectivity index (χ3v) is 3.41. The average Bonchev–Trinajstić information content (AvgIpc) is 2.49. The first-order valence-corrected chi connectivity index (χ1v) is 7.00. The maximum atomic E-state index is 13.4. The molecule has 2 aromatic carbocycles. The predicted molar refractivity (Wildman–Crippen MR) is 83.2 cm³/mol. The molecule has 7 heteroatoms. The zero-order valence-corrected chi connectivity index (χ0v) is 13.2. The molecule has 0 radical (unpaired) electrons. The van der Waals surface area contributed by atoms with E-state index in [9.17, 15) is 13.6 Å². The van der Waals surface area contributed by atoms with Crippen LogP contribution in [0.1, 0.15) is 5.56 Å². The van der Waals surface area contributed by atoms with Gasteiger partial charge in [0.25, 0.3) is 5.91 Å². The molecule has 2 rings (SSSR count). The molecule has 1 N–H and O–H groups in total. The number of amides is 1. The van der Waals surface area contributed by atoms with E-state index in [1.165, 1.54) is 7.11 Å². The van der Waals surface area contributed by atoms with Crippen LogP contribution in [0, 0.1) is 18.6 Å². The number of anilines is 1. The standard InChI is InChI=1S/C16H14ClF2NO3/c1-9-5-13(15(22-2)7-11(9)17)20-16(21)8-23-14-4-3-10(18)6-12(14)19/h3-7H,8H2,1-2H3,(H,20,21). The lowest BCUT2D eigenvalue weighted by Crippen LogP contribution is -2.21. The van der Waals surface area contributed by atoms with E-state index >= 15 is 0 Å². The Balaban J connectivity index is 2.04. The second-order valence-corrected chi connectivity index (χ2v) is 5.12. The third kappa shape index (κ3) is 4.32. The van der Waals surface area contributed by atoms with Crippen molar-refractivity contribution in [1.82, 2.24) is 0 Å². The normalized spacial score (nSPS) is 10.3. The van der Waals surface area contributed by atoms with Gasteiger partial charge < -0.3 is 14.8 Å². The first kappa shape index (κ1) is 17.0. The van der Waals surface area contributed by atoms with Crippen LogP contribution < -0.4 is 14.8 Å². The van der Waals surface area contributed by atoms with Crippen molar-refractivity contribution >= 4 is 23.2 Å². The van der Waals surface area contributed by atoms with Crippen molar-refractivity contribution in [3.05, 3.63) is 52.6 Å². The largest absolute Gasteiger partial charge is 0.495 e. The molecule has 122 valence electrons. The summed E-state index contributed by atoms with van der Waals surface area (Å²) in [4.78, 5) is 11.9. The second kappa shape index (κ2) is 7.28. The van der Waals surface area contributed by atoms with Gasteiger partial charge in [-0.05, 0) is 30.7 Å². The summed E-state index contributed by atoms with van der Waals surface area (Å²) in [5, 5.41) is 3.09. The number of methoxy groups -OCH3 is 1. The van der Waals surface area contributed by atoms with Crippen LogP contribution in [0.2, 0.25) is 5.02 Å². The van der Waals surface area contributed by atoms with Crippen LogP contribution in [0.5, 0.6) is 11.5 Å². The first-order valence-electron chi connectivity index (χ1n) is 6.62. The molecule has 0 fully saturated rings. The quantitative estimate of drug-likeness (QED) is 0.895. The molecule has 0 saturated heterocycles. The fourth-order valence-electron chi connectivity index (χ4n) is 1.85. The van der Waals surface area contributed by atoms with Crippen LogP contribution in [0.3, 0.4) is 0 Å². The van der Waals surface area contributed by atoms with Crippen LogP contribution >= 0.6 is 11.6 Å². The molecule has 0 aliphatic heterocycles. The number of ether oxygens (including phenoxy) is 2. The minimum Gasteiger partial charge on any atom is -0.495 e. The molecule has 1 amide bonds. The van der Waals surface area contributed by atoms with E-state index in [0.29, 0.717) is 22.5 Å². The summed E-state index contributed by atoms with van der Waals surface area (Å²) in [5.41, 5.74) is 1.18. The maximum absolute atomic E-state index is 13.4. The van der Waals surface area contributed by atoms with Crippen LogP contribution in [0.15, 0.2) is 30.3 Å². The van der Waals surface area contributed by atoms with Gasteiger partial charge in [0.15, 0.2) is 18.2 Å². The number of carbonyl (C=O) groups is 1. The zero-order chi connectivity index (χ0) is 17.0. The predicted octanol–water partition coefficient (Wildman–Crippen LogP) is 3.95. The number of halogens is 3. The molecule has 0 bridgehead atoms. The van der Waals surface area contributed by atoms with E-state index < -0.39 is 24.1 Å². The Morgan fingerprint density at radius 1 is 1.22 bits per heavy atom. The second-order valence-electron chi connectivity index (χ2n) is 4.71. The highest BCUT2D eigenvalue weighted by Crippen LogP contribution is 2.30. The Hall–Kier alpha value is -2.34. The van der Waals surface area contributed by atoms with Gasteiger partial charge in [0.1, 0.15) is 11.6 Å². The van der Waals surface area contributed by atoms with Crippen molar-refractivity contribution in [1.29, 1.82) is 0 Å². The Bertz CT molecular complexity index is 738. The lowest BCUT2D eigenvalue weighted by Gasteiger charge is -2.13. The van der Waals surface area contributed by atoms with Crippen LogP contribution in [-0.2, 0) is 4.79 Å². The third-order valence-electron chi connectivity index (χ3n) is 3.01. The summed E-state index contributed by atoms with van der Waals surface area (Å²) < 4.78 is 36.4. The van der Waals surface area contributed by atoms with Crippen molar-refractivity contribution in [3.63, 3.8) is 0 Å². The van der Waals surface area contributed by atoms with E-state index in [1.54, 1.807) is 19.1 Å². The number of rotatable bonds is 5. The molecule has 0 spiro atoms. The number of aryl methyl sites for hydroxylation is 1. The fourth-order valence-corrected chi connectivity index (χ4v) is 2.01. The summed E-state index contributed by atoms with van der Waals surface area (Å²) in [6.45, 7) is 1.34. The molecular formula is C16H14ClF2NO3. The van der Waals surface area contributed by atoms with Gasteiger partial charge >= 0.3 is 0 Å². The van der Waals surface area contributed by atoms with Crippen molar-refractivity contribution in [2.75, 3.05) is 19.0 Å². The summed E-state index contributed by atoms with van der Waals surface area (Å²) >= 11 is 5.98. The fraction of sp³-hybridized carbons (Fsp3) is 0.188. The van der Waals surface area contributed by atoms with Crippen molar-refractivity contribution < 1.29 is 23.0 Å². The lowest BCUT2D eigenvalue weighted by atomic mass is 10.2. The lowest BCUT2D eigenvalue weighted by molar-refractivity contribution is -0.118. The van der Waals surface area contributed by atoms with Gasteiger partial charge in [-0.3, -0.25) is 4.79 Å². The van der Waals surface area contributed by atoms with E-state index in [4.69, 9.17) is 21.1 Å². The Kier molecular flexibility index (Phi) is 5.39. The highest BCUT2D eigenvalue weighted by molar-refractivity contribution is 6.31. The average molecular weight is 342 g/mol. The molecule has 0 aliphatic rings. The Labute approximate surface area is 137 Å². The number of carbonyl (C=O) groups excluding carboxylic acids is 1. The first-order chi connectivity index (χ1) is 10.9. The Morgan fingerprint density at radius 3 is 2.61 bits per heavy atom. The van der Waals surface area contributed by atoms with Gasteiger partial charge in [-0.15, -0.1) is 0 Å². The van der Waals surface area contributed by atoms with Crippen LogP contribution in [-0.4, -0.2) is 19.6 Å². The molecule has 0 atom stereocenters. The summed E-state index contributed by atoms with van der Waals surface area (Å²) in [6.07, 6.45) is 0. The topological polar surface area (TPSA) is 47.6 Å². The van der Waals surface area contributed by atoms with Gasteiger partial charge in [0.2, 0.25) is 0 Å².